The van der Waals surface area contributed by atoms with Crippen molar-refractivity contribution in [2.75, 3.05) is 13.7 Å². The standard InChI is InChI=1S/C17H20ClNOS/c1-3-11-19-12-15-16(18)5-4-6-17(15)21-14-9-7-13(20-2)8-10-14/h4-10,19H,3,11-12H2,1-2H3. The van der Waals surface area contributed by atoms with E-state index >= 15 is 0 Å². The first kappa shape index (κ1) is 16.2. The van der Waals surface area contributed by atoms with E-state index in [0.717, 1.165) is 35.8 Å². The van der Waals surface area contributed by atoms with Gasteiger partial charge in [0, 0.05) is 21.4 Å². The van der Waals surface area contributed by atoms with Crippen LogP contribution in [0.3, 0.4) is 0 Å². The largest absolute Gasteiger partial charge is 0.497 e. The number of nitrogens with one attached hydrogen (secondary N) is 1. The highest BCUT2D eigenvalue weighted by Crippen LogP contribution is 2.34. The van der Waals surface area contributed by atoms with Crippen molar-refractivity contribution in [3.63, 3.8) is 0 Å². The van der Waals surface area contributed by atoms with Gasteiger partial charge in [0.2, 0.25) is 0 Å². The van der Waals surface area contributed by atoms with Crippen molar-refractivity contribution >= 4 is 23.4 Å². The summed E-state index contributed by atoms with van der Waals surface area (Å²) in [6.45, 7) is 3.95. The fraction of sp³-hybridized carbons (Fsp3) is 0.294. The molecule has 1 N–H and O–H groups in total. The summed E-state index contributed by atoms with van der Waals surface area (Å²) in [6, 6.07) is 14.1. The Morgan fingerprint density at radius 1 is 1.14 bits per heavy atom. The third kappa shape index (κ3) is 4.67. The molecule has 0 radical (unpaired) electrons. The second-order valence-corrected chi connectivity index (χ2v) is 6.19. The van der Waals surface area contributed by atoms with Gasteiger partial charge in [-0.2, -0.15) is 0 Å². The van der Waals surface area contributed by atoms with Gasteiger partial charge in [-0.3, -0.25) is 0 Å². The van der Waals surface area contributed by atoms with Crippen molar-refractivity contribution in [1.82, 2.24) is 5.32 Å². The zero-order valence-electron chi connectivity index (χ0n) is 12.4. The third-order valence-electron chi connectivity index (χ3n) is 3.09. The van der Waals surface area contributed by atoms with Gasteiger partial charge >= 0.3 is 0 Å². The van der Waals surface area contributed by atoms with Crippen LogP contribution in [0.2, 0.25) is 5.02 Å². The van der Waals surface area contributed by atoms with Crippen LogP contribution >= 0.6 is 23.4 Å². The number of hydrogen-bond acceptors (Lipinski definition) is 3. The van der Waals surface area contributed by atoms with Crippen LogP contribution < -0.4 is 10.1 Å². The minimum absolute atomic E-state index is 0.798. The normalized spacial score (nSPS) is 10.6. The summed E-state index contributed by atoms with van der Waals surface area (Å²) in [6.07, 6.45) is 1.12. The molecule has 0 saturated carbocycles. The fourth-order valence-corrected chi connectivity index (χ4v) is 3.24. The molecule has 2 aromatic carbocycles. The van der Waals surface area contributed by atoms with Crippen molar-refractivity contribution in [2.24, 2.45) is 0 Å². The van der Waals surface area contributed by atoms with Gasteiger partial charge in [-0.05, 0) is 54.9 Å². The van der Waals surface area contributed by atoms with Gasteiger partial charge < -0.3 is 10.1 Å². The molecule has 2 nitrogen and oxygen atoms in total. The molecule has 0 aromatic heterocycles. The third-order valence-corrected chi connectivity index (χ3v) is 4.56. The van der Waals surface area contributed by atoms with E-state index in [2.05, 4.69) is 30.4 Å². The van der Waals surface area contributed by atoms with Gasteiger partial charge in [-0.25, -0.2) is 0 Å². The lowest BCUT2D eigenvalue weighted by Crippen LogP contribution is -2.14. The van der Waals surface area contributed by atoms with Crippen molar-refractivity contribution < 1.29 is 4.74 Å². The van der Waals surface area contributed by atoms with Crippen LogP contribution in [0.25, 0.3) is 0 Å². The molecule has 0 amide bonds. The Balaban J connectivity index is 2.15. The Morgan fingerprint density at radius 3 is 2.57 bits per heavy atom. The lowest BCUT2D eigenvalue weighted by molar-refractivity contribution is 0.414. The number of ether oxygens (including phenoxy) is 1. The molecular formula is C17H20ClNOS. The summed E-state index contributed by atoms with van der Waals surface area (Å²) in [5.74, 6) is 0.871. The Labute approximate surface area is 135 Å². The van der Waals surface area contributed by atoms with Crippen molar-refractivity contribution in [3.05, 3.63) is 53.1 Å². The van der Waals surface area contributed by atoms with Gasteiger partial charge in [0.1, 0.15) is 5.75 Å². The molecule has 0 atom stereocenters. The minimum Gasteiger partial charge on any atom is -0.497 e. The first-order chi connectivity index (χ1) is 10.2. The van der Waals surface area contributed by atoms with Crippen LogP contribution in [0.4, 0.5) is 0 Å². The van der Waals surface area contributed by atoms with E-state index in [-0.39, 0.29) is 0 Å². The average Bonchev–Trinajstić information content (AvgIpc) is 2.51. The highest BCUT2D eigenvalue weighted by molar-refractivity contribution is 7.99. The number of benzene rings is 2. The van der Waals surface area contributed by atoms with E-state index in [4.69, 9.17) is 16.3 Å². The first-order valence-corrected chi connectivity index (χ1v) is 8.24. The molecule has 0 saturated heterocycles. The molecule has 4 heteroatoms. The molecule has 0 fully saturated rings. The Morgan fingerprint density at radius 2 is 1.90 bits per heavy atom. The molecule has 0 aliphatic carbocycles. The Hall–Kier alpha value is -1.16. The molecule has 112 valence electrons. The Kier molecular flexibility index (Phi) is 6.43. The molecule has 0 aliphatic heterocycles. The second kappa shape index (κ2) is 8.32. The molecule has 2 rings (SSSR count). The smallest absolute Gasteiger partial charge is 0.118 e. The van der Waals surface area contributed by atoms with E-state index in [0.29, 0.717) is 0 Å². The summed E-state index contributed by atoms with van der Waals surface area (Å²) in [4.78, 5) is 2.37. The zero-order chi connectivity index (χ0) is 15.1. The quantitative estimate of drug-likeness (QED) is 0.725. The minimum atomic E-state index is 0.798. The summed E-state index contributed by atoms with van der Waals surface area (Å²) in [5.41, 5.74) is 1.16. The van der Waals surface area contributed by atoms with E-state index in [1.54, 1.807) is 18.9 Å². The average molecular weight is 322 g/mol. The maximum absolute atomic E-state index is 6.35. The highest BCUT2D eigenvalue weighted by Gasteiger charge is 2.08. The fourth-order valence-electron chi connectivity index (χ4n) is 1.97. The zero-order valence-corrected chi connectivity index (χ0v) is 13.9. The molecule has 0 heterocycles. The summed E-state index contributed by atoms with van der Waals surface area (Å²) in [5, 5.41) is 4.24. The summed E-state index contributed by atoms with van der Waals surface area (Å²) < 4.78 is 5.19. The van der Waals surface area contributed by atoms with Crippen LogP contribution in [0.1, 0.15) is 18.9 Å². The first-order valence-electron chi connectivity index (χ1n) is 7.04. The van der Waals surface area contributed by atoms with E-state index in [1.165, 1.54) is 9.79 Å². The van der Waals surface area contributed by atoms with E-state index < -0.39 is 0 Å². The number of hydrogen-bond donors (Lipinski definition) is 1. The van der Waals surface area contributed by atoms with Crippen LogP contribution in [0.5, 0.6) is 5.75 Å². The molecular weight excluding hydrogens is 302 g/mol. The molecule has 0 spiro atoms. The Bertz CT molecular complexity index is 572. The molecule has 2 aromatic rings. The second-order valence-electron chi connectivity index (χ2n) is 4.67. The predicted octanol–water partition coefficient (Wildman–Crippen LogP) is 5.00. The molecule has 0 unspecified atom stereocenters. The molecule has 0 bridgehead atoms. The van der Waals surface area contributed by atoms with Gasteiger partial charge in [0.05, 0.1) is 7.11 Å². The maximum Gasteiger partial charge on any atom is 0.118 e. The van der Waals surface area contributed by atoms with Crippen molar-refractivity contribution in [2.45, 2.75) is 29.7 Å². The van der Waals surface area contributed by atoms with E-state index in [1.807, 2.05) is 24.3 Å². The van der Waals surface area contributed by atoms with Crippen LogP contribution in [0.15, 0.2) is 52.3 Å². The van der Waals surface area contributed by atoms with Gasteiger partial charge in [0.15, 0.2) is 0 Å². The van der Waals surface area contributed by atoms with Crippen LogP contribution in [0, 0.1) is 0 Å². The van der Waals surface area contributed by atoms with Crippen LogP contribution in [-0.2, 0) is 6.54 Å². The molecule has 21 heavy (non-hydrogen) atoms. The predicted molar refractivity (Wildman–Crippen MR) is 90.6 cm³/mol. The lowest BCUT2D eigenvalue weighted by Gasteiger charge is -2.12. The monoisotopic (exact) mass is 321 g/mol. The number of rotatable bonds is 7. The van der Waals surface area contributed by atoms with E-state index in [9.17, 15) is 0 Å². The lowest BCUT2D eigenvalue weighted by atomic mass is 10.2. The van der Waals surface area contributed by atoms with Gasteiger partial charge in [0.25, 0.3) is 0 Å². The SMILES string of the molecule is CCCNCc1c(Cl)cccc1Sc1ccc(OC)cc1. The summed E-state index contributed by atoms with van der Waals surface area (Å²) >= 11 is 8.07. The summed E-state index contributed by atoms with van der Waals surface area (Å²) in [7, 11) is 1.68. The van der Waals surface area contributed by atoms with Gasteiger partial charge in [-0.15, -0.1) is 0 Å². The van der Waals surface area contributed by atoms with Crippen molar-refractivity contribution in [3.8, 4) is 5.75 Å². The number of methoxy groups -OCH3 is 1. The number of halogens is 1. The van der Waals surface area contributed by atoms with Gasteiger partial charge in [-0.1, -0.05) is 36.4 Å². The topological polar surface area (TPSA) is 21.3 Å². The van der Waals surface area contributed by atoms with Crippen LogP contribution in [-0.4, -0.2) is 13.7 Å². The van der Waals surface area contributed by atoms with Crippen molar-refractivity contribution in [1.29, 1.82) is 0 Å². The maximum atomic E-state index is 6.35. The molecule has 0 aliphatic rings. The highest BCUT2D eigenvalue weighted by atomic mass is 35.5.